The van der Waals surface area contributed by atoms with Gasteiger partial charge in [0.25, 0.3) is 0 Å². The van der Waals surface area contributed by atoms with E-state index in [-0.39, 0.29) is 5.02 Å². The second-order valence-electron chi connectivity index (χ2n) is 4.56. The Bertz CT molecular complexity index is 569. The second kappa shape index (κ2) is 6.84. The predicted molar refractivity (Wildman–Crippen MR) is 77.5 cm³/mol. The van der Waals surface area contributed by atoms with E-state index in [0.717, 1.165) is 12.0 Å². The molecule has 1 atom stereocenters. The van der Waals surface area contributed by atoms with Crippen LogP contribution in [0.4, 0.5) is 4.39 Å². The molecule has 2 nitrogen and oxygen atoms in total. The van der Waals surface area contributed by atoms with Gasteiger partial charge in [0.15, 0.2) is 0 Å². The molecule has 0 fully saturated rings. The zero-order chi connectivity index (χ0) is 14.5. The highest BCUT2D eigenvalue weighted by molar-refractivity contribution is 6.30. The average Bonchev–Trinajstić information content (AvgIpc) is 2.48. The summed E-state index contributed by atoms with van der Waals surface area (Å²) >= 11 is 5.63. The van der Waals surface area contributed by atoms with Crippen LogP contribution in [0.25, 0.3) is 0 Å². The van der Waals surface area contributed by atoms with E-state index in [2.05, 4.69) is 0 Å². The van der Waals surface area contributed by atoms with Gasteiger partial charge in [-0.3, -0.25) is 0 Å². The largest absolute Gasteiger partial charge is 0.384 e. The van der Waals surface area contributed by atoms with Crippen molar-refractivity contribution < 1.29 is 14.2 Å². The first-order valence-corrected chi connectivity index (χ1v) is 6.70. The van der Waals surface area contributed by atoms with E-state index in [1.165, 1.54) is 12.1 Å². The van der Waals surface area contributed by atoms with Gasteiger partial charge in [-0.05, 0) is 35.2 Å². The Kier molecular flexibility index (Phi) is 5.12. The molecule has 0 saturated heterocycles. The van der Waals surface area contributed by atoms with Crippen LogP contribution >= 0.6 is 11.6 Å². The number of rotatable bonds is 5. The summed E-state index contributed by atoms with van der Waals surface area (Å²) < 4.78 is 18.4. The Labute approximate surface area is 122 Å². The lowest BCUT2D eigenvalue weighted by atomic mass is 10.00. The molecule has 1 N–H and O–H groups in total. The quantitative estimate of drug-likeness (QED) is 0.910. The van der Waals surface area contributed by atoms with Gasteiger partial charge in [0.1, 0.15) is 11.9 Å². The smallest absolute Gasteiger partial charge is 0.142 e. The molecule has 0 aromatic heterocycles. The number of methoxy groups -OCH3 is 1. The molecule has 0 amide bonds. The summed E-state index contributed by atoms with van der Waals surface area (Å²) in [5.74, 6) is -0.528. The molecule has 106 valence electrons. The van der Waals surface area contributed by atoms with Crippen LogP contribution in [0.2, 0.25) is 5.02 Å². The van der Waals surface area contributed by atoms with Crippen LogP contribution in [-0.4, -0.2) is 18.8 Å². The Morgan fingerprint density at radius 3 is 2.40 bits per heavy atom. The third-order valence-corrected chi connectivity index (χ3v) is 3.46. The molecule has 0 aliphatic carbocycles. The summed E-state index contributed by atoms with van der Waals surface area (Å²) in [6, 6.07) is 11.9. The maximum absolute atomic E-state index is 13.4. The van der Waals surface area contributed by atoms with E-state index in [9.17, 15) is 9.50 Å². The summed E-state index contributed by atoms with van der Waals surface area (Å²) in [6.07, 6.45) is -0.0409. The molecule has 0 bridgehead atoms. The summed E-state index contributed by atoms with van der Waals surface area (Å²) in [5, 5.41) is 10.3. The van der Waals surface area contributed by atoms with E-state index in [1.807, 2.05) is 24.3 Å². The highest BCUT2D eigenvalue weighted by Gasteiger charge is 2.12. The third-order valence-electron chi connectivity index (χ3n) is 3.15. The second-order valence-corrected chi connectivity index (χ2v) is 4.97. The van der Waals surface area contributed by atoms with E-state index >= 15 is 0 Å². The van der Waals surface area contributed by atoms with Gasteiger partial charge in [0, 0.05) is 7.11 Å². The average molecular weight is 295 g/mol. The molecule has 0 saturated carbocycles. The maximum atomic E-state index is 13.4. The van der Waals surface area contributed by atoms with Crippen LogP contribution < -0.4 is 0 Å². The standard InChI is InChI=1S/C16H16ClFO2/c1-20-9-8-11-2-4-12(5-3-11)16(19)13-6-7-14(17)15(18)10-13/h2-7,10,16,19H,8-9H2,1H3. The molecule has 1 unspecified atom stereocenters. The number of hydrogen-bond acceptors (Lipinski definition) is 2. The lowest BCUT2D eigenvalue weighted by Crippen LogP contribution is -2.01. The van der Waals surface area contributed by atoms with Crippen LogP contribution in [0.15, 0.2) is 42.5 Å². The Morgan fingerprint density at radius 1 is 1.15 bits per heavy atom. The lowest BCUT2D eigenvalue weighted by Gasteiger charge is -2.12. The van der Waals surface area contributed by atoms with Crippen molar-refractivity contribution in [2.75, 3.05) is 13.7 Å². The zero-order valence-corrected chi connectivity index (χ0v) is 11.9. The monoisotopic (exact) mass is 294 g/mol. The highest BCUT2D eigenvalue weighted by atomic mass is 35.5. The fraction of sp³-hybridized carbons (Fsp3) is 0.250. The van der Waals surface area contributed by atoms with Crippen molar-refractivity contribution in [1.29, 1.82) is 0 Å². The van der Waals surface area contributed by atoms with Crippen molar-refractivity contribution in [3.8, 4) is 0 Å². The fourth-order valence-electron chi connectivity index (χ4n) is 1.96. The van der Waals surface area contributed by atoms with E-state index < -0.39 is 11.9 Å². The number of ether oxygens (including phenoxy) is 1. The number of aliphatic hydroxyl groups excluding tert-OH is 1. The molecular formula is C16H16ClFO2. The first-order valence-electron chi connectivity index (χ1n) is 6.32. The lowest BCUT2D eigenvalue weighted by molar-refractivity contribution is 0.202. The number of hydrogen-bond donors (Lipinski definition) is 1. The van der Waals surface area contributed by atoms with Crippen molar-refractivity contribution in [3.63, 3.8) is 0 Å². The van der Waals surface area contributed by atoms with Crippen LogP contribution in [0, 0.1) is 5.82 Å². The number of aliphatic hydroxyl groups is 1. The van der Waals surface area contributed by atoms with Crippen molar-refractivity contribution in [1.82, 2.24) is 0 Å². The minimum atomic E-state index is -0.863. The van der Waals surface area contributed by atoms with Crippen LogP contribution in [0.5, 0.6) is 0 Å². The van der Waals surface area contributed by atoms with Gasteiger partial charge in [0.2, 0.25) is 0 Å². The Balaban J connectivity index is 2.15. The minimum Gasteiger partial charge on any atom is -0.384 e. The molecule has 4 heteroatoms. The molecule has 2 aromatic rings. The molecule has 20 heavy (non-hydrogen) atoms. The highest BCUT2D eigenvalue weighted by Crippen LogP contribution is 2.25. The molecule has 0 spiro atoms. The van der Waals surface area contributed by atoms with Gasteiger partial charge in [-0.15, -0.1) is 0 Å². The fourth-order valence-corrected chi connectivity index (χ4v) is 2.08. The Hall–Kier alpha value is -1.42. The maximum Gasteiger partial charge on any atom is 0.142 e. The third kappa shape index (κ3) is 3.57. The summed E-state index contributed by atoms with van der Waals surface area (Å²) in [5.41, 5.74) is 2.33. The van der Waals surface area contributed by atoms with Gasteiger partial charge in [0.05, 0.1) is 11.6 Å². The minimum absolute atomic E-state index is 0.0517. The molecule has 0 aliphatic heterocycles. The van der Waals surface area contributed by atoms with Gasteiger partial charge < -0.3 is 9.84 Å². The molecule has 2 rings (SSSR count). The Morgan fingerprint density at radius 2 is 1.80 bits per heavy atom. The normalized spacial score (nSPS) is 12.4. The SMILES string of the molecule is COCCc1ccc(C(O)c2ccc(Cl)c(F)c2)cc1. The van der Waals surface area contributed by atoms with E-state index in [4.69, 9.17) is 16.3 Å². The van der Waals surface area contributed by atoms with Crippen molar-refractivity contribution in [3.05, 3.63) is 70.0 Å². The van der Waals surface area contributed by atoms with Crippen molar-refractivity contribution in [2.24, 2.45) is 0 Å². The first kappa shape index (κ1) is 15.0. The number of benzene rings is 2. The van der Waals surface area contributed by atoms with Gasteiger partial charge in [-0.1, -0.05) is 41.9 Å². The van der Waals surface area contributed by atoms with Crippen LogP contribution in [0.1, 0.15) is 22.8 Å². The first-order chi connectivity index (χ1) is 9.61. The molecule has 2 aromatic carbocycles. The van der Waals surface area contributed by atoms with Gasteiger partial charge in [-0.25, -0.2) is 4.39 Å². The van der Waals surface area contributed by atoms with Gasteiger partial charge >= 0.3 is 0 Å². The van der Waals surface area contributed by atoms with Crippen molar-refractivity contribution >= 4 is 11.6 Å². The predicted octanol–water partition coefficient (Wildman–Crippen LogP) is 3.75. The van der Waals surface area contributed by atoms with E-state index in [1.54, 1.807) is 13.2 Å². The van der Waals surface area contributed by atoms with E-state index in [0.29, 0.717) is 17.7 Å². The van der Waals surface area contributed by atoms with Crippen molar-refractivity contribution in [2.45, 2.75) is 12.5 Å². The summed E-state index contributed by atoms with van der Waals surface area (Å²) in [4.78, 5) is 0. The molecular weight excluding hydrogens is 279 g/mol. The van der Waals surface area contributed by atoms with Crippen LogP contribution in [-0.2, 0) is 11.2 Å². The number of halogens is 2. The van der Waals surface area contributed by atoms with Gasteiger partial charge in [-0.2, -0.15) is 0 Å². The molecule has 0 radical (unpaired) electrons. The summed E-state index contributed by atoms with van der Waals surface area (Å²) in [7, 11) is 1.66. The molecule has 0 aliphatic rings. The summed E-state index contributed by atoms with van der Waals surface area (Å²) in [6.45, 7) is 0.657. The van der Waals surface area contributed by atoms with Crippen LogP contribution in [0.3, 0.4) is 0 Å². The molecule has 0 heterocycles. The topological polar surface area (TPSA) is 29.5 Å². The zero-order valence-electron chi connectivity index (χ0n) is 11.1.